The first-order valence-corrected chi connectivity index (χ1v) is 8.20. The molecule has 23 heavy (non-hydrogen) atoms. The molecule has 1 aliphatic rings. The minimum absolute atomic E-state index is 0.0235. The average Bonchev–Trinajstić information content (AvgIpc) is 2.97. The molecule has 2 atom stereocenters. The third-order valence-electron chi connectivity index (χ3n) is 4.63. The monoisotopic (exact) mass is 312 g/mol. The van der Waals surface area contributed by atoms with E-state index in [0.717, 1.165) is 31.7 Å². The molecule has 1 fully saturated rings. The molecular weight excluding hydrogens is 288 g/mol. The number of H-pyrrole nitrogens is 1. The smallest absolute Gasteiger partial charge is 0.254 e. The molecule has 3 rings (SSSR count). The van der Waals surface area contributed by atoms with Crippen molar-refractivity contribution in [3.63, 3.8) is 0 Å². The van der Waals surface area contributed by atoms with Gasteiger partial charge in [0, 0.05) is 31.4 Å². The fourth-order valence-electron chi connectivity index (χ4n) is 3.26. The first-order valence-electron chi connectivity index (χ1n) is 8.20. The Labute approximate surface area is 137 Å². The quantitative estimate of drug-likeness (QED) is 0.911. The standard InChI is InChI=1S/C18H24N4O/c1-13-11-22(12-15-6-4-3-5-7-15)9-8-17(13)20-18(23)16-10-19-21-14(16)2/h3-7,10,13,17H,8-9,11-12H2,1-2H3,(H,19,21)(H,20,23)/t13-,17-/m1/s1. The number of benzene rings is 1. The lowest BCUT2D eigenvalue weighted by molar-refractivity contribution is 0.0860. The van der Waals surface area contributed by atoms with Crippen LogP contribution in [0.3, 0.4) is 0 Å². The Morgan fingerprint density at radius 3 is 2.83 bits per heavy atom. The summed E-state index contributed by atoms with van der Waals surface area (Å²) in [6, 6.07) is 10.8. The number of nitrogens with one attached hydrogen (secondary N) is 2. The Morgan fingerprint density at radius 1 is 1.39 bits per heavy atom. The SMILES string of the molecule is Cc1[nH]ncc1C(=O)N[C@@H]1CCN(Cc2ccccc2)C[C@H]1C. The van der Waals surface area contributed by atoms with Gasteiger partial charge in [-0.1, -0.05) is 37.3 Å². The van der Waals surface area contributed by atoms with Gasteiger partial charge >= 0.3 is 0 Å². The Kier molecular flexibility index (Phi) is 4.76. The van der Waals surface area contributed by atoms with Crippen LogP contribution in [0.4, 0.5) is 0 Å². The maximum atomic E-state index is 12.3. The number of likely N-dealkylation sites (tertiary alicyclic amines) is 1. The van der Waals surface area contributed by atoms with E-state index in [1.54, 1.807) is 6.20 Å². The van der Waals surface area contributed by atoms with E-state index >= 15 is 0 Å². The number of aromatic nitrogens is 2. The molecule has 0 unspecified atom stereocenters. The van der Waals surface area contributed by atoms with Crippen LogP contribution in [0.5, 0.6) is 0 Å². The molecule has 5 heteroatoms. The molecule has 1 amide bonds. The zero-order chi connectivity index (χ0) is 16.2. The van der Waals surface area contributed by atoms with Gasteiger partial charge in [-0.25, -0.2) is 0 Å². The Morgan fingerprint density at radius 2 is 2.17 bits per heavy atom. The molecule has 0 aliphatic carbocycles. The van der Waals surface area contributed by atoms with E-state index in [-0.39, 0.29) is 11.9 Å². The minimum Gasteiger partial charge on any atom is -0.349 e. The predicted octanol–water partition coefficient (Wildman–Crippen LogP) is 2.36. The Balaban J connectivity index is 1.54. The topological polar surface area (TPSA) is 61.0 Å². The number of rotatable bonds is 4. The summed E-state index contributed by atoms with van der Waals surface area (Å²) in [6.45, 7) is 7.07. The number of aromatic amines is 1. The zero-order valence-corrected chi connectivity index (χ0v) is 13.7. The summed E-state index contributed by atoms with van der Waals surface area (Å²) in [4.78, 5) is 14.8. The first kappa shape index (κ1) is 15.7. The number of hydrogen-bond donors (Lipinski definition) is 2. The molecule has 1 aromatic heterocycles. The van der Waals surface area contributed by atoms with E-state index in [2.05, 4.69) is 51.6 Å². The van der Waals surface area contributed by atoms with Gasteiger partial charge in [0.2, 0.25) is 0 Å². The summed E-state index contributed by atoms with van der Waals surface area (Å²) in [7, 11) is 0. The summed E-state index contributed by atoms with van der Waals surface area (Å²) >= 11 is 0. The third kappa shape index (κ3) is 3.79. The first-order chi connectivity index (χ1) is 11.1. The molecule has 0 saturated carbocycles. The van der Waals surface area contributed by atoms with Crippen LogP contribution in [0.25, 0.3) is 0 Å². The van der Waals surface area contributed by atoms with Gasteiger partial charge in [-0.15, -0.1) is 0 Å². The molecule has 1 aliphatic heterocycles. The van der Waals surface area contributed by atoms with Crippen LogP contribution in [0.15, 0.2) is 36.5 Å². The fraction of sp³-hybridized carbons (Fsp3) is 0.444. The van der Waals surface area contributed by atoms with Crippen molar-refractivity contribution in [1.82, 2.24) is 20.4 Å². The van der Waals surface area contributed by atoms with Gasteiger partial charge < -0.3 is 5.32 Å². The van der Waals surface area contributed by atoms with Gasteiger partial charge in [0.05, 0.1) is 11.8 Å². The van der Waals surface area contributed by atoms with Crippen LogP contribution in [0.2, 0.25) is 0 Å². The van der Waals surface area contributed by atoms with Gasteiger partial charge in [0.15, 0.2) is 0 Å². The van der Waals surface area contributed by atoms with Crippen molar-refractivity contribution < 1.29 is 4.79 Å². The number of nitrogens with zero attached hydrogens (tertiary/aromatic N) is 2. The number of carbonyl (C=O) groups excluding carboxylic acids is 1. The van der Waals surface area contributed by atoms with E-state index in [4.69, 9.17) is 0 Å². The molecule has 5 nitrogen and oxygen atoms in total. The number of hydrogen-bond acceptors (Lipinski definition) is 3. The zero-order valence-electron chi connectivity index (χ0n) is 13.7. The van der Waals surface area contributed by atoms with E-state index in [1.807, 2.05) is 13.0 Å². The molecule has 1 saturated heterocycles. The van der Waals surface area contributed by atoms with Gasteiger partial charge in [0.1, 0.15) is 0 Å². The molecular formula is C18H24N4O. The lowest BCUT2D eigenvalue weighted by Crippen LogP contribution is -2.49. The molecule has 1 aromatic carbocycles. The van der Waals surface area contributed by atoms with Crippen LogP contribution < -0.4 is 5.32 Å². The molecule has 122 valence electrons. The minimum atomic E-state index is -0.0235. The van der Waals surface area contributed by atoms with Crippen molar-refractivity contribution >= 4 is 5.91 Å². The second-order valence-electron chi connectivity index (χ2n) is 6.48. The fourth-order valence-corrected chi connectivity index (χ4v) is 3.26. The van der Waals surface area contributed by atoms with Crippen molar-refractivity contribution in [2.24, 2.45) is 5.92 Å². The van der Waals surface area contributed by atoms with Crippen molar-refractivity contribution in [2.45, 2.75) is 32.9 Å². The van der Waals surface area contributed by atoms with Crippen LogP contribution in [0.1, 0.15) is 35.0 Å². The lowest BCUT2D eigenvalue weighted by Gasteiger charge is -2.37. The molecule has 2 aromatic rings. The second-order valence-corrected chi connectivity index (χ2v) is 6.48. The van der Waals surface area contributed by atoms with Gasteiger partial charge in [-0.3, -0.25) is 14.8 Å². The van der Waals surface area contributed by atoms with E-state index in [9.17, 15) is 4.79 Å². The summed E-state index contributed by atoms with van der Waals surface area (Å²) in [5, 5.41) is 9.90. The number of aryl methyl sites for hydroxylation is 1. The van der Waals surface area contributed by atoms with Crippen molar-refractivity contribution in [1.29, 1.82) is 0 Å². The predicted molar refractivity (Wildman–Crippen MR) is 90.1 cm³/mol. The van der Waals surface area contributed by atoms with Crippen molar-refractivity contribution in [2.75, 3.05) is 13.1 Å². The number of carbonyl (C=O) groups is 1. The summed E-state index contributed by atoms with van der Waals surface area (Å²) in [5.41, 5.74) is 2.80. The maximum Gasteiger partial charge on any atom is 0.254 e. The van der Waals surface area contributed by atoms with Gasteiger partial charge in [-0.2, -0.15) is 5.10 Å². The largest absolute Gasteiger partial charge is 0.349 e. The molecule has 0 radical (unpaired) electrons. The maximum absolute atomic E-state index is 12.3. The van der Waals surface area contributed by atoms with Gasteiger partial charge in [0.25, 0.3) is 5.91 Å². The van der Waals surface area contributed by atoms with E-state index in [1.165, 1.54) is 5.56 Å². The second kappa shape index (κ2) is 6.96. The highest BCUT2D eigenvalue weighted by Gasteiger charge is 2.28. The molecule has 0 spiro atoms. The molecule has 2 heterocycles. The molecule has 2 N–H and O–H groups in total. The summed E-state index contributed by atoms with van der Waals surface area (Å²) < 4.78 is 0. The molecule has 0 bridgehead atoms. The van der Waals surface area contributed by atoms with Crippen LogP contribution in [0, 0.1) is 12.8 Å². The normalized spacial score (nSPS) is 22.0. The van der Waals surface area contributed by atoms with Crippen LogP contribution >= 0.6 is 0 Å². The van der Waals surface area contributed by atoms with Crippen LogP contribution in [-0.4, -0.2) is 40.1 Å². The van der Waals surface area contributed by atoms with Crippen molar-refractivity contribution in [3.05, 3.63) is 53.3 Å². The lowest BCUT2D eigenvalue weighted by atomic mass is 9.93. The highest BCUT2D eigenvalue weighted by molar-refractivity contribution is 5.95. The summed E-state index contributed by atoms with van der Waals surface area (Å²) in [6.07, 6.45) is 2.58. The van der Waals surface area contributed by atoms with E-state index < -0.39 is 0 Å². The highest BCUT2D eigenvalue weighted by atomic mass is 16.1. The van der Waals surface area contributed by atoms with E-state index in [0.29, 0.717) is 11.5 Å². The van der Waals surface area contributed by atoms with Crippen molar-refractivity contribution in [3.8, 4) is 0 Å². The third-order valence-corrected chi connectivity index (χ3v) is 4.63. The Hall–Kier alpha value is -2.14. The average molecular weight is 312 g/mol. The number of amides is 1. The van der Waals surface area contributed by atoms with Gasteiger partial charge in [-0.05, 0) is 24.8 Å². The van der Waals surface area contributed by atoms with Crippen LogP contribution in [-0.2, 0) is 6.54 Å². The Bertz CT molecular complexity index is 652. The number of piperidine rings is 1. The highest BCUT2D eigenvalue weighted by Crippen LogP contribution is 2.19. The summed E-state index contributed by atoms with van der Waals surface area (Å²) in [5.74, 6) is 0.410.